The number of carboxylic acids is 8. The molecule has 82 heavy (non-hydrogen) atoms. The zero-order valence-corrected chi connectivity index (χ0v) is 44.2. The predicted octanol–water partition coefficient (Wildman–Crippen LogP) is -3.88. The molecule has 5 atom stereocenters. The summed E-state index contributed by atoms with van der Waals surface area (Å²) in [5, 5.41) is 91.4. The Hall–Kier alpha value is -9.30. The standard InChI is InChI=1S/C50H68N10O22/c61-37(51-17-18-52-38(62)15-12-33(48(78)79)56-50(82)57-34(49(80)81)13-16-40(64)65)14-11-32(47(76)77)54-46(75)36(24-31-9-5-2-6-10-31)55-45(74)35(23-30-7-3-1-4-8-30)53-39(63)25-59(27-42(68)69)21-19-58(26-41(66)67)20-22-60(28-43(70)71)29-44(72)73/h1-10,32-36H,11-29H2,(H,51,61)(H,52,62)(H,53,63)(H,54,75)(H,55,74)(H,64,65)(H,66,67)(H,68,69)(H,70,71)(H,72,73)(H,76,77)(H,78,79)(H,80,81)(H2,56,57,82)/t32-,33+,34+,35?,36?/m1/s1. The maximum atomic E-state index is 14.2. The van der Waals surface area contributed by atoms with E-state index >= 15 is 0 Å². The van der Waals surface area contributed by atoms with E-state index in [2.05, 4.69) is 26.6 Å². The van der Waals surface area contributed by atoms with Gasteiger partial charge in [-0.05, 0) is 30.4 Å². The molecule has 0 aliphatic heterocycles. The second kappa shape index (κ2) is 36.8. The highest BCUT2D eigenvalue weighted by Gasteiger charge is 2.32. The van der Waals surface area contributed by atoms with Crippen LogP contribution >= 0.6 is 0 Å². The summed E-state index contributed by atoms with van der Waals surface area (Å²) < 4.78 is 0. The second-order valence-corrected chi connectivity index (χ2v) is 18.3. The van der Waals surface area contributed by atoms with Crippen LogP contribution in [-0.4, -0.2) is 241 Å². The number of hydrogen-bond acceptors (Lipinski definition) is 17. The summed E-state index contributed by atoms with van der Waals surface area (Å²) in [5.74, 6) is -15.7. The molecule has 0 aliphatic carbocycles. The molecule has 15 N–H and O–H groups in total. The minimum Gasteiger partial charge on any atom is -0.481 e. The number of carbonyl (C=O) groups is 14. The first-order valence-corrected chi connectivity index (χ1v) is 25.2. The van der Waals surface area contributed by atoms with Crippen LogP contribution in [0.5, 0.6) is 0 Å². The number of benzene rings is 2. The van der Waals surface area contributed by atoms with Gasteiger partial charge in [0, 0.05) is 71.4 Å². The van der Waals surface area contributed by atoms with E-state index in [-0.39, 0.29) is 52.1 Å². The summed E-state index contributed by atoms with van der Waals surface area (Å²) in [7, 11) is 0. The molecule has 32 heteroatoms. The van der Waals surface area contributed by atoms with Crippen LogP contribution in [0, 0.1) is 0 Å². The highest BCUT2D eigenvalue weighted by Crippen LogP contribution is 2.10. The first kappa shape index (κ1) is 68.8. The average Bonchev–Trinajstić information content (AvgIpc) is 3.44. The fourth-order valence-electron chi connectivity index (χ4n) is 7.66. The van der Waals surface area contributed by atoms with Crippen molar-refractivity contribution in [3.63, 3.8) is 0 Å². The summed E-state index contributed by atoms with van der Waals surface area (Å²) in [6, 6.07) is 7.23. The molecular formula is C50H68N10O22. The van der Waals surface area contributed by atoms with Crippen molar-refractivity contribution >= 4 is 83.3 Å². The topological polar surface area (TPSA) is 495 Å². The van der Waals surface area contributed by atoms with E-state index in [1.807, 2.05) is 10.6 Å². The Morgan fingerprint density at radius 3 is 1.06 bits per heavy atom. The van der Waals surface area contributed by atoms with Crippen molar-refractivity contribution in [2.24, 2.45) is 0 Å². The second-order valence-electron chi connectivity index (χ2n) is 18.3. The van der Waals surface area contributed by atoms with Gasteiger partial charge in [0.1, 0.15) is 30.2 Å². The Morgan fingerprint density at radius 1 is 0.354 bits per heavy atom. The molecule has 2 aromatic rings. The third kappa shape index (κ3) is 30.2. The Morgan fingerprint density at radius 2 is 0.683 bits per heavy atom. The molecule has 0 saturated heterocycles. The number of nitrogens with zero attached hydrogens (tertiary/aromatic N) is 3. The van der Waals surface area contributed by atoms with Crippen LogP contribution in [0.3, 0.4) is 0 Å². The highest BCUT2D eigenvalue weighted by atomic mass is 16.4. The molecular weight excluding hydrogens is 1090 g/mol. The van der Waals surface area contributed by atoms with Crippen molar-refractivity contribution in [1.29, 1.82) is 0 Å². The lowest BCUT2D eigenvalue weighted by molar-refractivity contribution is -0.143. The van der Waals surface area contributed by atoms with Gasteiger partial charge in [-0.3, -0.25) is 62.6 Å². The zero-order chi connectivity index (χ0) is 61.3. The van der Waals surface area contributed by atoms with Crippen molar-refractivity contribution in [3.8, 4) is 0 Å². The third-order valence-corrected chi connectivity index (χ3v) is 11.7. The molecule has 0 aromatic heterocycles. The van der Waals surface area contributed by atoms with E-state index in [1.54, 1.807) is 60.7 Å². The van der Waals surface area contributed by atoms with Crippen molar-refractivity contribution in [3.05, 3.63) is 71.8 Å². The van der Waals surface area contributed by atoms with Crippen LogP contribution in [0.25, 0.3) is 0 Å². The maximum Gasteiger partial charge on any atom is 0.326 e. The molecule has 0 spiro atoms. The van der Waals surface area contributed by atoms with Gasteiger partial charge in [0.15, 0.2) is 0 Å². The number of hydrogen-bond donors (Lipinski definition) is 15. The quantitative estimate of drug-likeness (QED) is 0.0283. The van der Waals surface area contributed by atoms with Gasteiger partial charge < -0.3 is 78.1 Å². The van der Waals surface area contributed by atoms with Crippen LogP contribution in [0.2, 0.25) is 0 Å². The van der Waals surface area contributed by atoms with Gasteiger partial charge in [0.2, 0.25) is 29.5 Å². The van der Waals surface area contributed by atoms with E-state index in [4.69, 9.17) is 5.11 Å². The number of nitrogens with one attached hydrogen (secondary N) is 7. The minimum atomic E-state index is -1.70. The minimum absolute atomic E-state index is 0.164. The summed E-state index contributed by atoms with van der Waals surface area (Å²) >= 11 is 0. The van der Waals surface area contributed by atoms with Crippen LogP contribution in [0.4, 0.5) is 4.79 Å². The van der Waals surface area contributed by atoms with E-state index < -0.39 is 185 Å². The van der Waals surface area contributed by atoms with Gasteiger partial charge >= 0.3 is 53.8 Å². The lowest BCUT2D eigenvalue weighted by atomic mass is 10.0. The monoisotopic (exact) mass is 1160 g/mol. The molecule has 2 aromatic carbocycles. The van der Waals surface area contributed by atoms with E-state index in [0.29, 0.717) is 11.1 Å². The molecule has 450 valence electrons. The first-order chi connectivity index (χ1) is 38.7. The van der Waals surface area contributed by atoms with Gasteiger partial charge in [-0.2, -0.15) is 0 Å². The SMILES string of the molecule is O=C(O)CC[C@H](NC(=O)N[C@@H](CCC(=O)NCCNC(=O)CC[C@@H](NC(=O)C(Cc1ccccc1)NC(=O)C(Cc1ccccc1)NC(=O)CN(CCN(CCN(CC(=O)O)CC(=O)O)CC(=O)O)CC(=O)O)C(=O)O)C(=O)O)C(=O)O. The molecule has 32 nitrogen and oxygen atoms in total. The number of carboxylic acid groups (broad SMARTS) is 8. The van der Waals surface area contributed by atoms with E-state index in [1.165, 1.54) is 4.90 Å². The lowest BCUT2D eigenvalue weighted by Gasteiger charge is -2.28. The van der Waals surface area contributed by atoms with Gasteiger partial charge in [-0.25, -0.2) is 19.2 Å². The van der Waals surface area contributed by atoms with Crippen molar-refractivity contribution in [2.45, 2.75) is 81.6 Å². The maximum absolute atomic E-state index is 14.2. The number of rotatable bonds is 42. The summed E-state index contributed by atoms with van der Waals surface area (Å²) in [6.45, 7) is -4.59. The molecule has 2 rings (SSSR count). The molecule has 0 saturated carbocycles. The van der Waals surface area contributed by atoms with Crippen molar-refractivity contribution in [1.82, 2.24) is 51.9 Å². The Kier molecular flexibility index (Phi) is 30.9. The molecule has 2 unspecified atom stereocenters. The Bertz CT molecular complexity index is 2520. The van der Waals surface area contributed by atoms with Crippen LogP contribution < -0.4 is 37.2 Å². The smallest absolute Gasteiger partial charge is 0.326 e. The van der Waals surface area contributed by atoms with Gasteiger partial charge in [-0.1, -0.05) is 60.7 Å². The molecule has 7 amide bonds. The number of urea groups is 1. The third-order valence-electron chi connectivity index (χ3n) is 11.7. The fraction of sp³-hybridized carbons (Fsp3) is 0.480. The Labute approximate surface area is 467 Å². The lowest BCUT2D eigenvalue weighted by Crippen LogP contribution is -2.57. The molecule has 0 heterocycles. The fourth-order valence-corrected chi connectivity index (χ4v) is 7.66. The first-order valence-electron chi connectivity index (χ1n) is 25.2. The number of amides is 7. The summed E-state index contributed by atoms with van der Waals surface area (Å²) in [5.41, 5.74) is 1.03. The predicted molar refractivity (Wildman–Crippen MR) is 279 cm³/mol. The van der Waals surface area contributed by atoms with Gasteiger partial charge in [0.05, 0.1) is 32.7 Å². The van der Waals surface area contributed by atoms with Crippen molar-refractivity contribution < 1.29 is 108 Å². The van der Waals surface area contributed by atoms with Crippen molar-refractivity contribution in [2.75, 3.05) is 72.0 Å². The van der Waals surface area contributed by atoms with Gasteiger partial charge in [-0.15, -0.1) is 0 Å². The zero-order valence-electron chi connectivity index (χ0n) is 44.2. The van der Waals surface area contributed by atoms with Gasteiger partial charge in [0.25, 0.3) is 0 Å². The largest absolute Gasteiger partial charge is 0.481 e. The van der Waals surface area contributed by atoms with E-state index in [0.717, 1.165) is 9.80 Å². The van der Waals surface area contributed by atoms with Crippen LogP contribution in [0.15, 0.2) is 60.7 Å². The number of carbonyl (C=O) groups excluding carboxylic acids is 6. The summed E-state index contributed by atoms with van der Waals surface area (Å²) in [4.78, 5) is 175. The summed E-state index contributed by atoms with van der Waals surface area (Å²) in [6.07, 6.45) is -3.37. The van der Waals surface area contributed by atoms with Crippen LogP contribution in [0.1, 0.15) is 49.7 Å². The normalized spacial score (nSPS) is 12.8. The average molecular weight is 1160 g/mol. The highest BCUT2D eigenvalue weighted by molar-refractivity contribution is 5.94. The molecule has 0 fully saturated rings. The molecule has 0 aliphatic rings. The number of aliphatic carboxylic acids is 8. The molecule has 0 radical (unpaired) electrons. The Balaban J connectivity index is 2.14. The van der Waals surface area contributed by atoms with Crippen LogP contribution in [-0.2, 0) is 75.2 Å². The van der Waals surface area contributed by atoms with E-state index in [9.17, 15) is 103 Å². The molecule has 0 bridgehead atoms.